The van der Waals surface area contributed by atoms with Gasteiger partial charge in [0.05, 0.1) is 10.2 Å². The van der Waals surface area contributed by atoms with E-state index in [1.807, 2.05) is 0 Å². The lowest BCUT2D eigenvalue weighted by molar-refractivity contribution is -0.120. The van der Waals surface area contributed by atoms with Crippen molar-refractivity contribution >= 4 is 27.5 Å². The van der Waals surface area contributed by atoms with Gasteiger partial charge in [0.2, 0.25) is 0 Å². The standard InChI is InChI=1S/C18H14F2N2O2S/c1-2-9-22-14-8-7-12(19)10-16(14)25-18(22)21-17(23)11-24-15-6-4-3-5-13(15)20/h2-8,10H,1,9,11H2. The summed E-state index contributed by atoms with van der Waals surface area (Å²) >= 11 is 1.19. The number of hydrogen-bond acceptors (Lipinski definition) is 3. The van der Waals surface area contributed by atoms with Gasteiger partial charge < -0.3 is 9.30 Å². The second-order valence-corrected chi connectivity index (χ2v) is 6.13. The Balaban J connectivity index is 1.89. The third-order valence-electron chi connectivity index (χ3n) is 3.36. The van der Waals surface area contributed by atoms with Crippen LogP contribution in [0, 0.1) is 11.6 Å². The van der Waals surface area contributed by atoms with E-state index in [2.05, 4.69) is 11.6 Å². The number of ether oxygens (including phenoxy) is 1. The molecule has 3 rings (SSSR count). The van der Waals surface area contributed by atoms with Crippen molar-refractivity contribution in [3.63, 3.8) is 0 Å². The fourth-order valence-corrected chi connectivity index (χ4v) is 3.36. The molecule has 0 aliphatic heterocycles. The fourth-order valence-electron chi connectivity index (χ4n) is 2.28. The molecule has 0 bridgehead atoms. The maximum atomic E-state index is 13.5. The van der Waals surface area contributed by atoms with Crippen LogP contribution in [0.4, 0.5) is 8.78 Å². The van der Waals surface area contributed by atoms with E-state index in [1.165, 1.54) is 41.7 Å². The summed E-state index contributed by atoms with van der Waals surface area (Å²) in [7, 11) is 0. The molecule has 0 radical (unpaired) electrons. The van der Waals surface area contributed by atoms with Crippen LogP contribution in [0.2, 0.25) is 0 Å². The van der Waals surface area contributed by atoms with Crippen LogP contribution in [0.15, 0.2) is 60.1 Å². The van der Waals surface area contributed by atoms with Gasteiger partial charge in [-0.3, -0.25) is 4.79 Å². The van der Waals surface area contributed by atoms with Crippen molar-refractivity contribution in [2.75, 3.05) is 6.61 Å². The van der Waals surface area contributed by atoms with Crippen LogP contribution < -0.4 is 9.54 Å². The summed E-state index contributed by atoms with van der Waals surface area (Å²) in [5, 5.41) is 0. The van der Waals surface area contributed by atoms with Gasteiger partial charge >= 0.3 is 0 Å². The number of thiazole rings is 1. The Morgan fingerprint density at radius 2 is 2.08 bits per heavy atom. The monoisotopic (exact) mass is 360 g/mol. The number of para-hydroxylation sites is 1. The SMILES string of the molecule is C=CCn1c(=NC(=O)COc2ccccc2F)sc2cc(F)ccc21. The predicted octanol–water partition coefficient (Wildman–Crippen LogP) is 3.67. The first kappa shape index (κ1) is 17.0. The molecular weight excluding hydrogens is 346 g/mol. The summed E-state index contributed by atoms with van der Waals surface area (Å²) < 4.78 is 34.5. The van der Waals surface area contributed by atoms with Crippen LogP contribution in [-0.2, 0) is 11.3 Å². The number of nitrogens with zero attached hydrogens (tertiary/aromatic N) is 2. The zero-order valence-corrected chi connectivity index (χ0v) is 13.9. The molecule has 0 N–H and O–H groups in total. The number of benzene rings is 2. The number of carbonyl (C=O) groups is 1. The molecule has 0 saturated carbocycles. The van der Waals surface area contributed by atoms with Gasteiger partial charge in [-0.1, -0.05) is 29.5 Å². The van der Waals surface area contributed by atoms with Crippen molar-refractivity contribution in [2.45, 2.75) is 6.54 Å². The maximum Gasteiger partial charge on any atom is 0.286 e. The van der Waals surface area contributed by atoms with E-state index in [4.69, 9.17) is 4.74 Å². The second-order valence-electron chi connectivity index (χ2n) is 5.12. The number of amides is 1. The minimum absolute atomic E-state index is 0.0107. The third kappa shape index (κ3) is 3.83. The molecule has 0 unspecified atom stereocenters. The molecule has 0 spiro atoms. The van der Waals surface area contributed by atoms with Crippen LogP contribution >= 0.6 is 11.3 Å². The van der Waals surface area contributed by atoms with Gasteiger partial charge in [0.15, 0.2) is 23.0 Å². The maximum absolute atomic E-state index is 13.5. The van der Waals surface area contributed by atoms with Crippen molar-refractivity contribution in [1.82, 2.24) is 4.57 Å². The van der Waals surface area contributed by atoms with E-state index < -0.39 is 18.3 Å². The van der Waals surface area contributed by atoms with Gasteiger partial charge in [-0.05, 0) is 30.3 Å². The van der Waals surface area contributed by atoms with E-state index in [9.17, 15) is 13.6 Å². The zero-order valence-electron chi connectivity index (χ0n) is 13.1. The highest BCUT2D eigenvalue weighted by Crippen LogP contribution is 2.19. The number of halogens is 2. The van der Waals surface area contributed by atoms with Gasteiger partial charge in [0.1, 0.15) is 5.82 Å². The van der Waals surface area contributed by atoms with Crippen LogP contribution in [0.25, 0.3) is 10.2 Å². The summed E-state index contributed by atoms with van der Waals surface area (Å²) in [6.07, 6.45) is 1.66. The average Bonchev–Trinajstić information content (AvgIpc) is 2.91. The molecular formula is C18H14F2N2O2S. The number of hydrogen-bond donors (Lipinski definition) is 0. The highest BCUT2D eigenvalue weighted by atomic mass is 32.1. The quantitative estimate of drug-likeness (QED) is 0.652. The Bertz CT molecular complexity index is 1010. The molecule has 0 aliphatic rings. The Hall–Kier alpha value is -2.80. The van der Waals surface area contributed by atoms with Gasteiger partial charge in [-0.2, -0.15) is 4.99 Å². The van der Waals surface area contributed by atoms with Crippen LogP contribution in [0.1, 0.15) is 0 Å². The Morgan fingerprint density at radius 1 is 1.28 bits per heavy atom. The van der Waals surface area contributed by atoms with E-state index >= 15 is 0 Å². The van der Waals surface area contributed by atoms with Crippen molar-refractivity contribution in [3.8, 4) is 5.75 Å². The molecule has 0 saturated heterocycles. The Labute approximate surface area is 146 Å². The normalized spacial score (nSPS) is 11.7. The van der Waals surface area contributed by atoms with E-state index in [-0.39, 0.29) is 11.6 Å². The van der Waals surface area contributed by atoms with E-state index in [1.54, 1.807) is 22.8 Å². The highest BCUT2D eigenvalue weighted by Gasteiger charge is 2.09. The second kappa shape index (κ2) is 7.40. The average molecular weight is 360 g/mol. The van der Waals surface area contributed by atoms with E-state index in [0.717, 1.165) is 5.52 Å². The van der Waals surface area contributed by atoms with Crippen LogP contribution in [-0.4, -0.2) is 17.1 Å². The third-order valence-corrected chi connectivity index (χ3v) is 4.41. The molecule has 0 aliphatic carbocycles. The molecule has 0 atom stereocenters. The number of aromatic nitrogens is 1. The highest BCUT2D eigenvalue weighted by molar-refractivity contribution is 7.16. The molecule has 128 valence electrons. The molecule has 25 heavy (non-hydrogen) atoms. The Morgan fingerprint density at radius 3 is 2.84 bits per heavy atom. The van der Waals surface area contributed by atoms with Gasteiger partial charge in [0.25, 0.3) is 5.91 Å². The fraction of sp³-hybridized carbons (Fsp3) is 0.111. The van der Waals surface area contributed by atoms with Gasteiger partial charge in [-0.15, -0.1) is 6.58 Å². The molecule has 1 heterocycles. The molecule has 7 heteroatoms. The van der Waals surface area contributed by atoms with Crippen molar-refractivity contribution in [1.29, 1.82) is 0 Å². The summed E-state index contributed by atoms with van der Waals surface area (Å²) in [6, 6.07) is 10.2. The first-order valence-corrected chi connectivity index (χ1v) is 8.25. The summed E-state index contributed by atoms with van der Waals surface area (Å²) in [4.78, 5) is 16.5. The number of rotatable bonds is 5. The molecule has 1 amide bonds. The minimum atomic E-state index is -0.562. The smallest absolute Gasteiger partial charge is 0.286 e. The molecule has 0 fully saturated rings. The van der Waals surface area contributed by atoms with Crippen molar-refractivity contribution in [2.24, 2.45) is 4.99 Å². The number of allylic oxidation sites excluding steroid dienone is 1. The van der Waals surface area contributed by atoms with Crippen molar-refractivity contribution < 1.29 is 18.3 Å². The first-order valence-electron chi connectivity index (χ1n) is 7.43. The van der Waals surface area contributed by atoms with Crippen LogP contribution in [0.3, 0.4) is 0 Å². The van der Waals surface area contributed by atoms with E-state index in [0.29, 0.717) is 16.0 Å². The largest absolute Gasteiger partial charge is 0.481 e. The first-order chi connectivity index (χ1) is 12.1. The lowest BCUT2D eigenvalue weighted by atomic mass is 10.3. The molecule has 1 aromatic heterocycles. The molecule has 4 nitrogen and oxygen atoms in total. The van der Waals surface area contributed by atoms with Crippen LogP contribution in [0.5, 0.6) is 5.75 Å². The van der Waals surface area contributed by atoms with Gasteiger partial charge in [-0.25, -0.2) is 8.78 Å². The zero-order chi connectivity index (χ0) is 17.8. The topological polar surface area (TPSA) is 43.6 Å². The van der Waals surface area contributed by atoms with Gasteiger partial charge in [0, 0.05) is 6.54 Å². The molecule has 3 aromatic rings. The summed E-state index contributed by atoms with van der Waals surface area (Å²) in [5.41, 5.74) is 0.757. The predicted molar refractivity (Wildman–Crippen MR) is 92.4 cm³/mol. The summed E-state index contributed by atoms with van der Waals surface area (Å²) in [5.74, 6) is -1.48. The minimum Gasteiger partial charge on any atom is -0.481 e. The molecule has 2 aromatic carbocycles. The number of carbonyl (C=O) groups excluding carboxylic acids is 1. The Kier molecular flexibility index (Phi) is 5.04. The lowest BCUT2D eigenvalue weighted by Gasteiger charge is -2.04. The lowest BCUT2D eigenvalue weighted by Crippen LogP contribution is -2.19. The summed E-state index contributed by atoms with van der Waals surface area (Å²) in [6.45, 7) is 3.71. The number of fused-ring (bicyclic) bond motifs is 1. The van der Waals surface area contributed by atoms with Crippen molar-refractivity contribution in [3.05, 3.63) is 71.6 Å².